The van der Waals surface area contributed by atoms with Gasteiger partial charge >= 0.3 is 5.97 Å². The van der Waals surface area contributed by atoms with Crippen LogP contribution in [0, 0.1) is 5.82 Å². The van der Waals surface area contributed by atoms with Gasteiger partial charge in [0.1, 0.15) is 5.82 Å². The molecule has 1 heterocycles. The van der Waals surface area contributed by atoms with Gasteiger partial charge in [-0.2, -0.15) is 0 Å². The summed E-state index contributed by atoms with van der Waals surface area (Å²) in [5.41, 5.74) is 0.582. The maximum absolute atomic E-state index is 13.6. The summed E-state index contributed by atoms with van der Waals surface area (Å²) in [6.45, 7) is 0. The summed E-state index contributed by atoms with van der Waals surface area (Å²) >= 11 is 7.11. The fourth-order valence-corrected chi connectivity index (χ4v) is 2.99. The van der Waals surface area contributed by atoms with E-state index in [-0.39, 0.29) is 28.1 Å². The molecule has 0 fully saturated rings. The predicted molar refractivity (Wildman–Crippen MR) is 102 cm³/mol. The predicted octanol–water partition coefficient (Wildman–Crippen LogP) is 4.05. The van der Waals surface area contributed by atoms with E-state index in [4.69, 9.17) is 16.0 Å². The number of carbonyl (C=O) groups is 2. The summed E-state index contributed by atoms with van der Waals surface area (Å²) in [5, 5.41) is 11.0. The van der Waals surface area contributed by atoms with Crippen LogP contribution in [0.5, 0.6) is 0 Å². The van der Waals surface area contributed by atoms with Crippen LogP contribution in [0.25, 0.3) is 11.5 Å². The van der Waals surface area contributed by atoms with Crippen molar-refractivity contribution in [1.29, 1.82) is 0 Å². The lowest BCUT2D eigenvalue weighted by atomic mass is 10.2. The van der Waals surface area contributed by atoms with Gasteiger partial charge in [-0.1, -0.05) is 35.5 Å². The Morgan fingerprint density at radius 2 is 2.04 bits per heavy atom. The zero-order chi connectivity index (χ0) is 20.1. The molecule has 0 aliphatic carbocycles. The van der Waals surface area contributed by atoms with Crippen molar-refractivity contribution in [3.8, 4) is 11.5 Å². The first-order chi connectivity index (χ1) is 13.5. The van der Waals surface area contributed by atoms with Crippen LogP contribution >= 0.6 is 23.4 Å². The van der Waals surface area contributed by atoms with Crippen LogP contribution in [0.4, 0.5) is 10.1 Å². The molecular weight excluding hydrogens is 409 g/mol. The number of ether oxygens (including phenoxy) is 1. The van der Waals surface area contributed by atoms with Crippen molar-refractivity contribution in [2.24, 2.45) is 0 Å². The SMILES string of the molecule is COC(=O)c1cc(NC(=O)CSc2nnc(-c3ccccc3Cl)o2)ccc1F. The monoisotopic (exact) mass is 421 g/mol. The van der Waals surface area contributed by atoms with Gasteiger partial charge in [0, 0.05) is 5.69 Å². The van der Waals surface area contributed by atoms with Gasteiger partial charge in [0.05, 0.1) is 29.0 Å². The van der Waals surface area contributed by atoms with Crippen LogP contribution in [0.15, 0.2) is 52.1 Å². The number of rotatable bonds is 6. The van der Waals surface area contributed by atoms with Crippen LogP contribution < -0.4 is 5.32 Å². The highest BCUT2D eigenvalue weighted by Crippen LogP contribution is 2.28. The average molecular weight is 422 g/mol. The molecule has 144 valence electrons. The van der Waals surface area contributed by atoms with Crippen molar-refractivity contribution in [3.63, 3.8) is 0 Å². The number of carbonyl (C=O) groups excluding carboxylic acids is 2. The lowest BCUT2D eigenvalue weighted by molar-refractivity contribution is -0.113. The first-order valence-electron chi connectivity index (χ1n) is 7.87. The largest absolute Gasteiger partial charge is 0.465 e. The molecule has 1 amide bonds. The van der Waals surface area contributed by atoms with E-state index in [1.54, 1.807) is 24.3 Å². The zero-order valence-corrected chi connectivity index (χ0v) is 16.0. The molecule has 3 rings (SSSR count). The van der Waals surface area contributed by atoms with E-state index in [0.29, 0.717) is 10.6 Å². The Labute approximate surface area is 168 Å². The molecule has 2 aromatic carbocycles. The summed E-state index contributed by atoms with van der Waals surface area (Å²) in [7, 11) is 1.14. The Balaban J connectivity index is 1.61. The molecule has 0 spiro atoms. The number of amides is 1. The first-order valence-corrected chi connectivity index (χ1v) is 9.23. The molecule has 1 aromatic heterocycles. The minimum atomic E-state index is -0.832. The third kappa shape index (κ3) is 4.68. The maximum Gasteiger partial charge on any atom is 0.340 e. The van der Waals surface area contributed by atoms with Gasteiger partial charge < -0.3 is 14.5 Å². The van der Waals surface area contributed by atoms with Crippen molar-refractivity contribution >= 4 is 40.9 Å². The van der Waals surface area contributed by atoms with E-state index in [0.717, 1.165) is 24.9 Å². The van der Waals surface area contributed by atoms with E-state index in [1.807, 2.05) is 0 Å². The Kier molecular flexibility index (Phi) is 6.27. The molecule has 0 aliphatic heterocycles. The van der Waals surface area contributed by atoms with Crippen LogP contribution in [0.3, 0.4) is 0 Å². The van der Waals surface area contributed by atoms with Crippen molar-refractivity contribution in [1.82, 2.24) is 10.2 Å². The molecule has 0 radical (unpaired) electrons. The summed E-state index contributed by atoms with van der Waals surface area (Å²) in [5.74, 6) is -1.76. The number of esters is 1. The summed E-state index contributed by atoms with van der Waals surface area (Å²) in [6, 6.07) is 10.6. The van der Waals surface area contributed by atoms with Crippen molar-refractivity contribution in [2.75, 3.05) is 18.2 Å². The van der Waals surface area contributed by atoms with Gasteiger partial charge in [-0.15, -0.1) is 10.2 Å². The quantitative estimate of drug-likeness (QED) is 0.474. The van der Waals surface area contributed by atoms with E-state index >= 15 is 0 Å². The van der Waals surface area contributed by atoms with Crippen LogP contribution in [0.1, 0.15) is 10.4 Å². The first kappa shape index (κ1) is 19.8. The van der Waals surface area contributed by atoms with Gasteiger partial charge in [-0.3, -0.25) is 4.79 Å². The topological polar surface area (TPSA) is 94.3 Å². The molecule has 0 atom stereocenters. The Morgan fingerprint density at radius 1 is 1.25 bits per heavy atom. The highest BCUT2D eigenvalue weighted by Gasteiger charge is 2.15. The van der Waals surface area contributed by atoms with Gasteiger partial charge in [0.25, 0.3) is 5.22 Å². The number of anilines is 1. The molecule has 0 saturated heterocycles. The summed E-state index contributed by atoms with van der Waals surface area (Å²) in [6.07, 6.45) is 0. The van der Waals surface area contributed by atoms with E-state index in [1.165, 1.54) is 12.1 Å². The zero-order valence-electron chi connectivity index (χ0n) is 14.4. The molecule has 0 saturated carbocycles. The van der Waals surface area contributed by atoms with E-state index < -0.39 is 17.7 Å². The molecule has 1 N–H and O–H groups in total. The smallest absolute Gasteiger partial charge is 0.340 e. The molecule has 3 aromatic rings. The number of hydrogen-bond donors (Lipinski definition) is 1. The Bertz CT molecular complexity index is 1030. The van der Waals surface area contributed by atoms with E-state index in [9.17, 15) is 14.0 Å². The van der Waals surface area contributed by atoms with E-state index in [2.05, 4.69) is 20.3 Å². The Morgan fingerprint density at radius 3 is 2.79 bits per heavy atom. The highest BCUT2D eigenvalue weighted by atomic mass is 35.5. The van der Waals surface area contributed by atoms with Gasteiger partial charge in [-0.05, 0) is 30.3 Å². The Hall–Kier alpha value is -2.91. The third-order valence-electron chi connectivity index (χ3n) is 3.49. The second-order valence-corrected chi connectivity index (χ2v) is 6.71. The number of hydrogen-bond acceptors (Lipinski definition) is 7. The fraction of sp³-hybridized carbons (Fsp3) is 0.111. The number of thioether (sulfide) groups is 1. The third-order valence-corrected chi connectivity index (χ3v) is 4.64. The molecule has 0 unspecified atom stereocenters. The molecule has 28 heavy (non-hydrogen) atoms. The van der Waals surface area contributed by atoms with Crippen molar-refractivity contribution in [2.45, 2.75) is 5.22 Å². The van der Waals surface area contributed by atoms with Gasteiger partial charge in [0.2, 0.25) is 11.8 Å². The lowest BCUT2D eigenvalue weighted by Gasteiger charge is -2.07. The number of aromatic nitrogens is 2. The number of nitrogens with zero attached hydrogens (tertiary/aromatic N) is 2. The molecular formula is C18H13ClFN3O4S. The number of benzene rings is 2. The van der Waals surface area contributed by atoms with Gasteiger partial charge in [0.15, 0.2) is 0 Å². The second-order valence-electron chi connectivity index (χ2n) is 5.38. The fourth-order valence-electron chi connectivity index (χ4n) is 2.21. The normalized spacial score (nSPS) is 10.5. The van der Waals surface area contributed by atoms with Crippen LogP contribution in [-0.4, -0.2) is 34.9 Å². The van der Waals surface area contributed by atoms with Crippen LogP contribution in [-0.2, 0) is 9.53 Å². The number of methoxy groups -OCH3 is 1. The van der Waals surface area contributed by atoms with Crippen LogP contribution in [0.2, 0.25) is 5.02 Å². The molecule has 10 heteroatoms. The average Bonchev–Trinajstić information content (AvgIpc) is 3.16. The summed E-state index contributed by atoms with van der Waals surface area (Å²) < 4.78 is 23.6. The molecule has 0 aliphatic rings. The number of halogens is 2. The van der Waals surface area contributed by atoms with Gasteiger partial charge in [-0.25, -0.2) is 9.18 Å². The molecule has 0 bridgehead atoms. The maximum atomic E-state index is 13.6. The number of nitrogens with one attached hydrogen (secondary N) is 1. The standard InChI is InChI=1S/C18H13ClFN3O4S/c1-26-17(25)12-8-10(6-7-14(12)20)21-15(24)9-28-18-23-22-16(27-18)11-4-2-3-5-13(11)19/h2-8H,9H2,1H3,(H,21,24). The van der Waals surface area contributed by atoms with Crippen molar-refractivity contribution in [3.05, 3.63) is 58.9 Å². The minimum Gasteiger partial charge on any atom is -0.465 e. The lowest BCUT2D eigenvalue weighted by Crippen LogP contribution is -2.15. The minimum absolute atomic E-state index is 0.0326. The van der Waals surface area contributed by atoms with Crippen molar-refractivity contribution < 1.29 is 23.1 Å². The summed E-state index contributed by atoms with van der Waals surface area (Å²) in [4.78, 5) is 23.6. The second kappa shape index (κ2) is 8.85. The highest BCUT2D eigenvalue weighted by molar-refractivity contribution is 7.99. The molecule has 7 nitrogen and oxygen atoms in total.